The summed E-state index contributed by atoms with van der Waals surface area (Å²) in [5, 5.41) is 10.1. The van der Waals surface area contributed by atoms with E-state index >= 15 is 0 Å². The third-order valence-corrected chi connectivity index (χ3v) is 2.52. The van der Waals surface area contributed by atoms with Crippen LogP contribution >= 0.6 is 0 Å². The fourth-order valence-corrected chi connectivity index (χ4v) is 1.80. The second kappa shape index (κ2) is 4.09. The van der Waals surface area contributed by atoms with Gasteiger partial charge < -0.3 is 5.11 Å². The summed E-state index contributed by atoms with van der Waals surface area (Å²) in [7, 11) is 0. The average molecular weight is 196 g/mol. The molecule has 1 atom stereocenters. The third kappa shape index (κ3) is 2.32. The molecule has 1 aromatic carbocycles. The topological polar surface area (TPSA) is 20.2 Å². The molecule has 0 saturated heterocycles. The first-order chi connectivity index (χ1) is 6.47. The van der Waals surface area contributed by atoms with Gasteiger partial charge >= 0.3 is 0 Å². The first-order valence-electron chi connectivity index (χ1n) is 4.96. The standard InChI is InChI=1S/C12H17FO/c1-4-7-12(3,14)11-8-10(13)6-5-9(11)2/h5-6,8,14H,4,7H2,1-3H3/t12-/m1/s1. The van der Waals surface area contributed by atoms with Crippen LogP contribution in [0.4, 0.5) is 4.39 Å². The molecule has 0 heterocycles. The average Bonchev–Trinajstić information content (AvgIpc) is 2.09. The number of hydrogen-bond acceptors (Lipinski definition) is 1. The summed E-state index contributed by atoms with van der Waals surface area (Å²) in [6.07, 6.45) is 1.53. The highest BCUT2D eigenvalue weighted by atomic mass is 19.1. The van der Waals surface area contributed by atoms with Crippen LogP contribution in [0.15, 0.2) is 18.2 Å². The van der Waals surface area contributed by atoms with Crippen molar-refractivity contribution in [3.05, 3.63) is 35.1 Å². The van der Waals surface area contributed by atoms with Gasteiger partial charge in [0.05, 0.1) is 5.60 Å². The summed E-state index contributed by atoms with van der Waals surface area (Å²) >= 11 is 0. The molecule has 78 valence electrons. The molecule has 0 saturated carbocycles. The molecule has 1 nitrogen and oxygen atoms in total. The maximum Gasteiger partial charge on any atom is 0.123 e. The fraction of sp³-hybridized carbons (Fsp3) is 0.500. The van der Waals surface area contributed by atoms with Crippen LogP contribution in [0, 0.1) is 12.7 Å². The second-order valence-corrected chi connectivity index (χ2v) is 3.98. The Kier molecular flexibility index (Phi) is 3.27. The number of aryl methyl sites for hydroxylation is 1. The summed E-state index contributed by atoms with van der Waals surface area (Å²) in [6.45, 7) is 5.63. The van der Waals surface area contributed by atoms with E-state index in [-0.39, 0.29) is 5.82 Å². The normalized spacial score (nSPS) is 15.2. The van der Waals surface area contributed by atoms with Crippen LogP contribution in [0.1, 0.15) is 37.8 Å². The van der Waals surface area contributed by atoms with Gasteiger partial charge in [0.2, 0.25) is 0 Å². The molecular formula is C12H17FO. The minimum atomic E-state index is -0.916. The molecule has 0 fully saturated rings. The van der Waals surface area contributed by atoms with Crippen molar-refractivity contribution in [3.8, 4) is 0 Å². The van der Waals surface area contributed by atoms with Crippen LogP contribution in [0.25, 0.3) is 0 Å². The Morgan fingerprint density at radius 3 is 2.64 bits per heavy atom. The van der Waals surface area contributed by atoms with E-state index in [1.54, 1.807) is 13.0 Å². The number of hydrogen-bond donors (Lipinski definition) is 1. The maximum absolute atomic E-state index is 13.0. The number of aliphatic hydroxyl groups is 1. The summed E-state index contributed by atoms with van der Waals surface area (Å²) < 4.78 is 13.0. The Morgan fingerprint density at radius 2 is 2.07 bits per heavy atom. The van der Waals surface area contributed by atoms with E-state index in [2.05, 4.69) is 0 Å². The minimum absolute atomic E-state index is 0.290. The first-order valence-corrected chi connectivity index (χ1v) is 4.96. The van der Waals surface area contributed by atoms with Gasteiger partial charge in [0.15, 0.2) is 0 Å². The van der Waals surface area contributed by atoms with Crippen molar-refractivity contribution in [1.82, 2.24) is 0 Å². The lowest BCUT2D eigenvalue weighted by molar-refractivity contribution is 0.0460. The molecular weight excluding hydrogens is 179 g/mol. The van der Waals surface area contributed by atoms with Crippen LogP contribution in [-0.4, -0.2) is 5.11 Å². The molecule has 1 aromatic rings. The zero-order chi connectivity index (χ0) is 10.8. The van der Waals surface area contributed by atoms with E-state index < -0.39 is 5.60 Å². The number of rotatable bonds is 3. The van der Waals surface area contributed by atoms with Gasteiger partial charge in [-0.15, -0.1) is 0 Å². The van der Waals surface area contributed by atoms with Crippen molar-refractivity contribution < 1.29 is 9.50 Å². The SMILES string of the molecule is CCC[C@@](C)(O)c1cc(F)ccc1C. The van der Waals surface area contributed by atoms with Crippen LogP contribution in [-0.2, 0) is 5.60 Å². The van der Waals surface area contributed by atoms with Gasteiger partial charge in [-0.3, -0.25) is 0 Å². The predicted molar refractivity (Wildman–Crippen MR) is 55.6 cm³/mol. The van der Waals surface area contributed by atoms with Gasteiger partial charge in [0, 0.05) is 0 Å². The van der Waals surface area contributed by atoms with Gasteiger partial charge in [0.1, 0.15) is 5.82 Å². The van der Waals surface area contributed by atoms with E-state index in [1.165, 1.54) is 12.1 Å². The lowest BCUT2D eigenvalue weighted by atomic mass is 9.88. The van der Waals surface area contributed by atoms with Crippen LogP contribution in [0.3, 0.4) is 0 Å². The van der Waals surface area contributed by atoms with Crippen molar-refractivity contribution in [1.29, 1.82) is 0 Å². The van der Waals surface area contributed by atoms with Crippen LogP contribution in [0.2, 0.25) is 0 Å². The molecule has 0 aliphatic rings. The van der Waals surface area contributed by atoms with E-state index in [9.17, 15) is 9.50 Å². The van der Waals surface area contributed by atoms with E-state index in [1.807, 2.05) is 13.8 Å². The lowest BCUT2D eigenvalue weighted by Crippen LogP contribution is -2.22. The zero-order valence-electron chi connectivity index (χ0n) is 8.97. The van der Waals surface area contributed by atoms with E-state index in [0.29, 0.717) is 12.0 Å². The zero-order valence-corrected chi connectivity index (χ0v) is 8.97. The van der Waals surface area contributed by atoms with Crippen molar-refractivity contribution in [2.45, 2.75) is 39.2 Å². The summed E-state index contributed by atoms with van der Waals surface area (Å²) in [5.74, 6) is -0.290. The van der Waals surface area contributed by atoms with Gasteiger partial charge in [-0.1, -0.05) is 19.4 Å². The van der Waals surface area contributed by atoms with Crippen molar-refractivity contribution in [3.63, 3.8) is 0 Å². The Labute approximate surface area is 84.6 Å². The Bertz CT molecular complexity index is 318. The quantitative estimate of drug-likeness (QED) is 0.787. The van der Waals surface area contributed by atoms with Crippen molar-refractivity contribution in [2.75, 3.05) is 0 Å². The maximum atomic E-state index is 13.0. The third-order valence-electron chi connectivity index (χ3n) is 2.52. The molecule has 0 aromatic heterocycles. The molecule has 14 heavy (non-hydrogen) atoms. The first kappa shape index (κ1) is 11.2. The summed E-state index contributed by atoms with van der Waals surface area (Å²) in [4.78, 5) is 0. The van der Waals surface area contributed by atoms with E-state index in [0.717, 1.165) is 12.0 Å². The fourth-order valence-electron chi connectivity index (χ4n) is 1.80. The molecule has 0 radical (unpaired) electrons. The minimum Gasteiger partial charge on any atom is -0.385 e. The van der Waals surface area contributed by atoms with Gasteiger partial charge in [-0.05, 0) is 43.5 Å². The highest BCUT2D eigenvalue weighted by molar-refractivity contribution is 5.31. The number of halogens is 1. The van der Waals surface area contributed by atoms with Crippen molar-refractivity contribution in [2.24, 2.45) is 0 Å². The highest BCUT2D eigenvalue weighted by Crippen LogP contribution is 2.28. The predicted octanol–water partition coefficient (Wildman–Crippen LogP) is 3.14. The van der Waals surface area contributed by atoms with Gasteiger partial charge in [-0.25, -0.2) is 4.39 Å². The monoisotopic (exact) mass is 196 g/mol. The Morgan fingerprint density at radius 1 is 1.43 bits per heavy atom. The second-order valence-electron chi connectivity index (χ2n) is 3.98. The van der Waals surface area contributed by atoms with Crippen molar-refractivity contribution >= 4 is 0 Å². The molecule has 1 rings (SSSR count). The van der Waals surface area contributed by atoms with Crippen LogP contribution in [0.5, 0.6) is 0 Å². The summed E-state index contributed by atoms with van der Waals surface area (Å²) in [6, 6.07) is 4.54. The smallest absolute Gasteiger partial charge is 0.123 e. The largest absolute Gasteiger partial charge is 0.385 e. The Balaban J connectivity index is 3.10. The highest BCUT2D eigenvalue weighted by Gasteiger charge is 2.23. The molecule has 0 amide bonds. The number of benzene rings is 1. The lowest BCUT2D eigenvalue weighted by Gasteiger charge is -2.25. The summed E-state index contributed by atoms with van der Waals surface area (Å²) in [5.41, 5.74) is 0.713. The van der Waals surface area contributed by atoms with Crippen LogP contribution < -0.4 is 0 Å². The van der Waals surface area contributed by atoms with Gasteiger partial charge in [-0.2, -0.15) is 0 Å². The molecule has 0 unspecified atom stereocenters. The molecule has 2 heteroatoms. The Hall–Kier alpha value is -0.890. The molecule has 0 aliphatic heterocycles. The van der Waals surface area contributed by atoms with E-state index in [4.69, 9.17) is 0 Å². The molecule has 0 spiro atoms. The molecule has 1 N–H and O–H groups in total. The molecule has 0 aliphatic carbocycles. The molecule has 0 bridgehead atoms. The van der Waals surface area contributed by atoms with Gasteiger partial charge in [0.25, 0.3) is 0 Å².